The van der Waals surface area contributed by atoms with Gasteiger partial charge in [-0.3, -0.25) is 4.79 Å². The molecule has 0 aromatic heterocycles. The van der Waals surface area contributed by atoms with Crippen molar-refractivity contribution in [1.82, 2.24) is 0 Å². The molecule has 0 spiro atoms. The van der Waals surface area contributed by atoms with Gasteiger partial charge < -0.3 is 0 Å². The summed E-state index contributed by atoms with van der Waals surface area (Å²) in [5.74, 6) is -0.217. The normalized spacial score (nSPS) is 17.9. The molecule has 0 aliphatic heterocycles. The first-order chi connectivity index (χ1) is 8.49. The number of rotatable bonds is 2. The Labute approximate surface area is 113 Å². The van der Waals surface area contributed by atoms with E-state index < -0.39 is 10.0 Å². The first-order valence-electron chi connectivity index (χ1n) is 4.99. The summed E-state index contributed by atoms with van der Waals surface area (Å²) in [5, 5.41) is 0. The number of carbonyl (C=O) groups is 1. The van der Waals surface area contributed by atoms with E-state index in [0.717, 1.165) is 0 Å². The molecule has 0 saturated heterocycles. The SMILES string of the molecule is O=C1C=C/C(=N\S(=O)(=O)c2ccccc2)C=C1Br. The lowest BCUT2D eigenvalue weighted by atomic mass is 10.2. The molecule has 6 heteroatoms. The maximum absolute atomic E-state index is 11.9. The van der Waals surface area contributed by atoms with Crippen LogP contribution in [0, 0.1) is 0 Å². The van der Waals surface area contributed by atoms with Crippen LogP contribution >= 0.6 is 15.9 Å². The van der Waals surface area contributed by atoms with E-state index in [-0.39, 0.29) is 20.9 Å². The average molecular weight is 326 g/mol. The largest absolute Gasteiger partial charge is 0.289 e. The summed E-state index contributed by atoms with van der Waals surface area (Å²) >= 11 is 3.04. The fraction of sp³-hybridized carbons (Fsp3) is 0. The summed E-state index contributed by atoms with van der Waals surface area (Å²) in [6, 6.07) is 7.91. The Kier molecular flexibility index (Phi) is 3.58. The Morgan fingerprint density at radius 3 is 2.33 bits per heavy atom. The van der Waals surface area contributed by atoms with Crippen molar-refractivity contribution in [3.05, 3.63) is 53.0 Å². The van der Waals surface area contributed by atoms with Gasteiger partial charge in [0.05, 0.1) is 15.1 Å². The van der Waals surface area contributed by atoms with Crippen LogP contribution in [0.4, 0.5) is 0 Å². The van der Waals surface area contributed by atoms with Crippen LogP contribution in [0.15, 0.2) is 62.3 Å². The number of sulfonamides is 1. The molecule has 0 bridgehead atoms. The zero-order valence-electron chi connectivity index (χ0n) is 9.08. The monoisotopic (exact) mass is 325 g/mol. The minimum absolute atomic E-state index is 0.118. The second kappa shape index (κ2) is 4.99. The number of nitrogens with zero attached hydrogens (tertiary/aromatic N) is 1. The van der Waals surface area contributed by atoms with Crippen molar-refractivity contribution in [2.75, 3.05) is 0 Å². The van der Waals surface area contributed by atoms with E-state index >= 15 is 0 Å². The van der Waals surface area contributed by atoms with Crippen LogP contribution in [-0.4, -0.2) is 19.9 Å². The van der Waals surface area contributed by atoms with Crippen LogP contribution in [0.3, 0.4) is 0 Å². The van der Waals surface area contributed by atoms with Gasteiger partial charge in [0.2, 0.25) is 0 Å². The first-order valence-corrected chi connectivity index (χ1v) is 7.22. The van der Waals surface area contributed by atoms with Gasteiger partial charge in [0.1, 0.15) is 0 Å². The number of carbonyl (C=O) groups excluding carboxylic acids is 1. The minimum atomic E-state index is -3.74. The van der Waals surface area contributed by atoms with E-state index in [0.29, 0.717) is 0 Å². The Bertz CT molecular complexity index is 673. The van der Waals surface area contributed by atoms with Gasteiger partial charge in [-0.1, -0.05) is 18.2 Å². The lowest BCUT2D eigenvalue weighted by Crippen LogP contribution is -2.06. The van der Waals surface area contributed by atoms with E-state index in [2.05, 4.69) is 20.3 Å². The predicted molar refractivity (Wildman–Crippen MR) is 72.2 cm³/mol. The van der Waals surface area contributed by atoms with E-state index in [1.54, 1.807) is 18.2 Å². The van der Waals surface area contributed by atoms with Gasteiger partial charge in [-0.2, -0.15) is 12.8 Å². The van der Waals surface area contributed by atoms with Gasteiger partial charge in [0.25, 0.3) is 10.0 Å². The zero-order chi connectivity index (χ0) is 13.2. The lowest BCUT2D eigenvalue weighted by molar-refractivity contribution is -0.110. The van der Waals surface area contributed by atoms with Crippen LogP contribution in [0.5, 0.6) is 0 Å². The molecule has 0 saturated carbocycles. The van der Waals surface area contributed by atoms with Crippen molar-refractivity contribution in [2.24, 2.45) is 4.40 Å². The average Bonchev–Trinajstić information content (AvgIpc) is 2.35. The number of ketones is 1. The lowest BCUT2D eigenvalue weighted by Gasteiger charge is -2.03. The van der Waals surface area contributed by atoms with Gasteiger partial charge in [-0.25, -0.2) is 0 Å². The van der Waals surface area contributed by atoms with Gasteiger partial charge in [-0.05, 0) is 46.3 Å². The smallest absolute Gasteiger partial charge is 0.282 e. The van der Waals surface area contributed by atoms with E-state index in [4.69, 9.17) is 0 Å². The molecule has 4 nitrogen and oxygen atoms in total. The van der Waals surface area contributed by atoms with Crippen molar-refractivity contribution in [2.45, 2.75) is 4.90 Å². The van der Waals surface area contributed by atoms with Crippen LogP contribution in [0.1, 0.15) is 0 Å². The minimum Gasteiger partial charge on any atom is -0.289 e. The third-order valence-corrected chi connectivity index (χ3v) is 4.12. The summed E-state index contributed by atoms with van der Waals surface area (Å²) in [4.78, 5) is 11.3. The van der Waals surface area contributed by atoms with Crippen LogP contribution in [0.2, 0.25) is 0 Å². The number of hydrogen-bond acceptors (Lipinski definition) is 3. The molecule has 0 atom stereocenters. The van der Waals surface area contributed by atoms with Gasteiger partial charge in [0.15, 0.2) is 5.78 Å². The van der Waals surface area contributed by atoms with E-state index in [9.17, 15) is 13.2 Å². The highest BCUT2D eigenvalue weighted by Gasteiger charge is 2.15. The second-order valence-electron chi connectivity index (χ2n) is 3.49. The van der Waals surface area contributed by atoms with Crippen molar-refractivity contribution < 1.29 is 13.2 Å². The Balaban J connectivity index is 2.41. The molecule has 18 heavy (non-hydrogen) atoms. The quantitative estimate of drug-likeness (QED) is 0.783. The first kappa shape index (κ1) is 12.9. The number of hydrogen-bond donors (Lipinski definition) is 0. The fourth-order valence-corrected chi connectivity index (χ4v) is 2.69. The van der Waals surface area contributed by atoms with Crippen molar-refractivity contribution in [3.8, 4) is 0 Å². The maximum atomic E-state index is 11.9. The topological polar surface area (TPSA) is 63.6 Å². The molecule has 1 aliphatic rings. The summed E-state index contributed by atoms with van der Waals surface area (Å²) in [5.41, 5.74) is 0.213. The molecule has 2 rings (SSSR count). The molecular weight excluding hydrogens is 318 g/mol. The van der Waals surface area contributed by atoms with Gasteiger partial charge in [-0.15, -0.1) is 0 Å². The number of halogens is 1. The summed E-state index contributed by atoms with van der Waals surface area (Å²) in [6.07, 6.45) is 4.01. The Morgan fingerprint density at radius 2 is 1.72 bits per heavy atom. The molecule has 1 aromatic rings. The van der Waals surface area contributed by atoms with Crippen molar-refractivity contribution in [3.63, 3.8) is 0 Å². The third-order valence-electron chi connectivity index (χ3n) is 2.18. The highest BCUT2D eigenvalue weighted by Crippen LogP contribution is 2.16. The second-order valence-corrected chi connectivity index (χ2v) is 5.95. The van der Waals surface area contributed by atoms with Gasteiger partial charge >= 0.3 is 0 Å². The van der Waals surface area contributed by atoms with Crippen molar-refractivity contribution >= 4 is 37.4 Å². The van der Waals surface area contributed by atoms with E-state index in [1.165, 1.54) is 30.4 Å². The zero-order valence-corrected chi connectivity index (χ0v) is 11.5. The highest BCUT2D eigenvalue weighted by molar-refractivity contribution is 9.12. The number of benzene rings is 1. The van der Waals surface area contributed by atoms with Gasteiger partial charge in [0, 0.05) is 0 Å². The van der Waals surface area contributed by atoms with Crippen LogP contribution in [-0.2, 0) is 14.8 Å². The number of allylic oxidation sites excluding steroid dienone is 4. The molecular formula is C12H8BrNO3S. The van der Waals surface area contributed by atoms with Crippen molar-refractivity contribution in [1.29, 1.82) is 0 Å². The third kappa shape index (κ3) is 2.83. The van der Waals surface area contributed by atoms with Crippen LogP contribution < -0.4 is 0 Å². The Morgan fingerprint density at radius 1 is 1.06 bits per heavy atom. The molecule has 0 radical (unpaired) electrons. The molecule has 1 aromatic carbocycles. The maximum Gasteiger partial charge on any atom is 0.282 e. The standard InChI is InChI=1S/C12H8BrNO3S/c13-11-8-9(6-7-12(11)15)14-18(16,17)10-4-2-1-3-5-10/h1-8H/b14-9+. The molecule has 0 heterocycles. The molecule has 0 amide bonds. The predicted octanol–water partition coefficient (Wildman–Crippen LogP) is 2.23. The Hall–Kier alpha value is -1.53. The molecule has 92 valence electrons. The van der Waals surface area contributed by atoms with Crippen LogP contribution in [0.25, 0.3) is 0 Å². The molecule has 0 unspecified atom stereocenters. The highest BCUT2D eigenvalue weighted by atomic mass is 79.9. The molecule has 0 fully saturated rings. The summed E-state index contributed by atoms with van der Waals surface area (Å²) < 4.78 is 27.8. The molecule has 1 aliphatic carbocycles. The molecule has 0 N–H and O–H groups in total. The summed E-state index contributed by atoms with van der Waals surface area (Å²) in [7, 11) is -3.74. The summed E-state index contributed by atoms with van der Waals surface area (Å²) in [6.45, 7) is 0. The fourth-order valence-electron chi connectivity index (χ4n) is 1.33. The van der Waals surface area contributed by atoms with E-state index in [1.807, 2.05) is 0 Å².